The summed E-state index contributed by atoms with van der Waals surface area (Å²) in [6.07, 6.45) is 0. The van der Waals surface area contributed by atoms with Crippen LogP contribution in [0.3, 0.4) is 0 Å². The topological polar surface area (TPSA) is 15.3 Å². The summed E-state index contributed by atoms with van der Waals surface area (Å²) in [6.45, 7) is 4.93. The molecule has 3 heteroatoms. The van der Waals surface area contributed by atoms with Gasteiger partial charge in [-0.1, -0.05) is 53.6 Å². The summed E-state index contributed by atoms with van der Waals surface area (Å²) >= 11 is 6.11. The van der Waals surface area contributed by atoms with E-state index in [1.165, 1.54) is 11.1 Å². The van der Waals surface area contributed by atoms with E-state index in [4.69, 9.17) is 11.6 Å². The predicted octanol–water partition coefficient (Wildman–Crippen LogP) is 4.19. The fraction of sp³-hybridized carbons (Fsp3) is 0.294. The molecule has 0 aliphatic carbocycles. The number of hydrogen-bond donors (Lipinski definition) is 1. The van der Waals surface area contributed by atoms with Crippen molar-refractivity contribution in [3.63, 3.8) is 0 Å². The summed E-state index contributed by atoms with van der Waals surface area (Å²) in [5, 5.41) is 4.14. The number of para-hydroxylation sites is 1. The smallest absolute Gasteiger partial charge is 0.0637 e. The highest BCUT2D eigenvalue weighted by molar-refractivity contribution is 6.33. The van der Waals surface area contributed by atoms with E-state index in [0.717, 1.165) is 30.3 Å². The first-order valence-electron chi connectivity index (χ1n) is 6.87. The Balaban J connectivity index is 1.76. The van der Waals surface area contributed by atoms with Gasteiger partial charge in [-0.05, 0) is 31.7 Å². The van der Waals surface area contributed by atoms with Gasteiger partial charge in [0.2, 0.25) is 0 Å². The van der Waals surface area contributed by atoms with Gasteiger partial charge in [0.05, 0.1) is 10.7 Å². The van der Waals surface area contributed by atoms with E-state index < -0.39 is 0 Å². The van der Waals surface area contributed by atoms with E-state index in [-0.39, 0.29) is 0 Å². The molecule has 1 N–H and O–H groups in total. The van der Waals surface area contributed by atoms with E-state index in [0.29, 0.717) is 0 Å². The van der Waals surface area contributed by atoms with E-state index in [9.17, 15) is 0 Å². The lowest BCUT2D eigenvalue weighted by Crippen LogP contribution is -2.24. The molecular formula is C17H21ClN2. The number of rotatable bonds is 6. The quantitative estimate of drug-likeness (QED) is 0.857. The number of aryl methyl sites for hydroxylation is 1. The van der Waals surface area contributed by atoms with Crippen LogP contribution in [0.4, 0.5) is 5.69 Å². The highest BCUT2D eigenvalue weighted by Crippen LogP contribution is 2.19. The Morgan fingerprint density at radius 1 is 1.05 bits per heavy atom. The lowest BCUT2D eigenvalue weighted by atomic mass is 10.1. The fourth-order valence-corrected chi connectivity index (χ4v) is 2.27. The van der Waals surface area contributed by atoms with Crippen LogP contribution in [0.1, 0.15) is 11.1 Å². The van der Waals surface area contributed by atoms with Crippen LogP contribution in [-0.4, -0.2) is 25.0 Å². The molecule has 0 atom stereocenters. The van der Waals surface area contributed by atoms with Gasteiger partial charge < -0.3 is 10.2 Å². The minimum Gasteiger partial charge on any atom is -0.383 e. The van der Waals surface area contributed by atoms with E-state index >= 15 is 0 Å². The van der Waals surface area contributed by atoms with Crippen molar-refractivity contribution < 1.29 is 0 Å². The van der Waals surface area contributed by atoms with Crippen LogP contribution in [0.25, 0.3) is 0 Å². The third-order valence-electron chi connectivity index (χ3n) is 3.26. The van der Waals surface area contributed by atoms with Crippen LogP contribution < -0.4 is 5.32 Å². The molecule has 0 amide bonds. The normalized spacial score (nSPS) is 10.8. The molecule has 0 saturated heterocycles. The van der Waals surface area contributed by atoms with Crippen molar-refractivity contribution in [2.24, 2.45) is 0 Å². The first kappa shape index (κ1) is 14.9. The first-order valence-corrected chi connectivity index (χ1v) is 7.25. The van der Waals surface area contributed by atoms with Gasteiger partial charge in [0.25, 0.3) is 0 Å². The molecular weight excluding hydrogens is 268 g/mol. The highest BCUT2D eigenvalue weighted by Gasteiger charge is 2.01. The van der Waals surface area contributed by atoms with Gasteiger partial charge in [-0.3, -0.25) is 0 Å². The number of nitrogens with zero attached hydrogens (tertiary/aromatic N) is 1. The van der Waals surface area contributed by atoms with Crippen molar-refractivity contribution in [2.45, 2.75) is 13.5 Å². The summed E-state index contributed by atoms with van der Waals surface area (Å²) in [6, 6.07) is 16.5. The maximum atomic E-state index is 6.11. The van der Waals surface area contributed by atoms with Crippen molar-refractivity contribution >= 4 is 17.3 Å². The average molecular weight is 289 g/mol. The van der Waals surface area contributed by atoms with E-state index in [1.54, 1.807) is 0 Å². The molecule has 0 saturated carbocycles. The van der Waals surface area contributed by atoms with Gasteiger partial charge in [-0.15, -0.1) is 0 Å². The second kappa shape index (κ2) is 7.32. The molecule has 0 heterocycles. The highest BCUT2D eigenvalue weighted by atomic mass is 35.5. The number of hydrogen-bond acceptors (Lipinski definition) is 2. The number of anilines is 1. The summed E-state index contributed by atoms with van der Waals surface area (Å²) in [5.41, 5.74) is 3.64. The second-order valence-corrected chi connectivity index (χ2v) is 5.54. The SMILES string of the molecule is Cc1ccc(CN(C)CCNc2ccccc2Cl)cc1. The van der Waals surface area contributed by atoms with Gasteiger partial charge in [-0.2, -0.15) is 0 Å². The van der Waals surface area contributed by atoms with Gasteiger partial charge in [0.15, 0.2) is 0 Å². The summed E-state index contributed by atoms with van der Waals surface area (Å²) in [4.78, 5) is 2.30. The summed E-state index contributed by atoms with van der Waals surface area (Å²) in [7, 11) is 2.13. The molecule has 0 spiro atoms. The number of likely N-dealkylation sites (N-methyl/N-ethyl adjacent to an activating group) is 1. The maximum absolute atomic E-state index is 6.11. The van der Waals surface area contributed by atoms with Crippen molar-refractivity contribution in [2.75, 3.05) is 25.5 Å². The van der Waals surface area contributed by atoms with Crippen LogP contribution in [-0.2, 0) is 6.54 Å². The Morgan fingerprint density at radius 2 is 1.75 bits per heavy atom. The zero-order chi connectivity index (χ0) is 14.4. The molecule has 0 bridgehead atoms. The lowest BCUT2D eigenvalue weighted by Gasteiger charge is -2.18. The average Bonchev–Trinajstić information content (AvgIpc) is 2.43. The van der Waals surface area contributed by atoms with Gasteiger partial charge in [0, 0.05) is 19.6 Å². The van der Waals surface area contributed by atoms with Crippen molar-refractivity contribution in [1.82, 2.24) is 4.90 Å². The minimum absolute atomic E-state index is 0.772. The van der Waals surface area contributed by atoms with E-state index in [1.807, 2.05) is 24.3 Å². The molecule has 0 aliphatic heterocycles. The molecule has 0 unspecified atom stereocenters. The zero-order valence-corrected chi connectivity index (χ0v) is 12.8. The molecule has 20 heavy (non-hydrogen) atoms. The Hall–Kier alpha value is -1.51. The van der Waals surface area contributed by atoms with Crippen molar-refractivity contribution in [3.8, 4) is 0 Å². The van der Waals surface area contributed by atoms with Crippen LogP contribution in [0.5, 0.6) is 0 Å². The summed E-state index contributed by atoms with van der Waals surface area (Å²) in [5.74, 6) is 0. The predicted molar refractivity (Wildman–Crippen MR) is 87.5 cm³/mol. The molecule has 0 aliphatic rings. The van der Waals surface area contributed by atoms with Crippen LogP contribution in [0.15, 0.2) is 48.5 Å². The minimum atomic E-state index is 0.772. The standard InChI is InChI=1S/C17H21ClN2/c1-14-7-9-15(10-8-14)13-20(2)12-11-19-17-6-4-3-5-16(17)18/h3-10,19H,11-13H2,1-2H3. The molecule has 2 aromatic carbocycles. The van der Waals surface area contributed by atoms with Crippen LogP contribution in [0, 0.1) is 6.92 Å². The van der Waals surface area contributed by atoms with Crippen LogP contribution >= 0.6 is 11.6 Å². The van der Waals surface area contributed by atoms with E-state index in [2.05, 4.69) is 48.5 Å². The number of benzene rings is 2. The van der Waals surface area contributed by atoms with Crippen molar-refractivity contribution in [3.05, 3.63) is 64.7 Å². The Kier molecular flexibility index (Phi) is 5.45. The molecule has 0 fully saturated rings. The summed E-state index contributed by atoms with van der Waals surface area (Å²) < 4.78 is 0. The van der Waals surface area contributed by atoms with Gasteiger partial charge >= 0.3 is 0 Å². The monoisotopic (exact) mass is 288 g/mol. The number of halogens is 1. The fourth-order valence-electron chi connectivity index (χ4n) is 2.07. The second-order valence-electron chi connectivity index (χ2n) is 5.13. The lowest BCUT2D eigenvalue weighted by molar-refractivity contribution is 0.340. The number of nitrogens with one attached hydrogen (secondary N) is 1. The third-order valence-corrected chi connectivity index (χ3v) is 3.59. The third kappa shape index (κ3) is 4.55. The van der Waals surface area contributed by atoms with Crippen molar-refractivity contribution in [1.29, 1.82) is 0 Å². The molecule has 0 aromatic heterocycles. The Morgan fingerprint density at radius 3 is 2.45 bits per heavy atom. The Bertz CT molecular complexity index is 537. The van der Waals surface area contributed by atoms with Crippen LogP contribution in [0.2, 0.25) is 5.02 Å². The molecule has 106 valence electrons. The molecule has 2 nitrogen and oxygen atoms in total. The molecule has 2 aromatic rings. The Labute approximate surface area is 126 Å². The largest absolute Gasteiger partial charge is 0.383 e. The first-order chi connectivity index (χ1) is 9.65. The zero-order valence-electron chi connectivity index (χ0n) is 12.1. The molecule has 0 radical (unpaired) electrons. The van der Waals surface area contributed by atoms with Gasteiger partial charge in [-0.25, -0.2) is 0 Å². The van der Waals surface area contributed by atoms with Gasteiger partial charge in [0.1, 0.15) is 0 Å². The maximum Gasteiger partial charge on any atom is 0.0637 e. The molecule has 2 rings (SSSR count).